The third kappa shape index (κ3) is 5.03. The first-order chi connectivity index (χ1) is 20.7. The van der Waals surface area contributed by atoms with Gasteiger partial charge in [0.1, 0.15) is 0 Å². The van der Waals surface area contributed by atoms with Crippen molar-refractivity contribution in [2.75, 3.05) is 13.2 Å². The molecule has 0 saturated heterocycles. The fourth-order valence-corrected chi connectivity index (χ4v) is 11.1. The van der Waals surface area contributed by atoms with Crippen LogP contribution in [0.2, 0.25) is 0 Å². The summed E-state index contributed by atoms with van der Waals surface area (Å²) in [5, 5.41) is 0. The highest BCUT2D eigenvalue weighted by molar-refractivity contribution is 5.97. The molecular weight excluding hydrogens is 540 g/mol. The highest BCUT2D eigenvalue weighted by Crippen LogP contribution is 2.63. The lowest BCUT2D eigenvalue weighted by molar-refractivity contribution is -0.121. The Balaban J connectivity index is 0.894. The van der Waals surface area contributed by atoms with Crippen LogP contribution in [0, 0.1) is 71.0 Å². The van der Waals surface area contributed by atoms with E-state index in [9.17, 15) is 19.2 Å². The Labute approximate surface area is 254 Å². The van der Waals surface area contributed by atoms with E-state index in [0.29, 0.717) is 89.1 Å². The van der Waals surface area contributed by atoms with Gasteiger partial charge in [-0.2, -0.15) is 0 Å². The molecule has 1 aromatic rings. The summed E-state index contributed by atoms with van der Waals surface area (Å²) in [7, 11) is 0. The van der Waals surface area contributed by atoms with Crippen LogP contribution in [0.4, 0.5) is 0 Å². The summed E-state index contributed by atoms with van der Waals surface area (Å²) in [6.45, 7) is 10.2. The molecule has 43 heavy (non-hydrogen) atoms. The second-order valence-corrected chi connectivity index (χ2v) is 14.8. The van der Waals surface area contributed by atoms with Crippen LogP contribution in [0.5, 0.6) is 0 Å². The molecule has 0 aromatic heterocycles. The third-order valence-corrected chi connectivity index (χ3v) is 12.7. The van der Waals surface area contributed by atoms with Gasteiger partial charge in [-0.05, 0) is 147 Å². The lowest BCUT2D eigenvalue weighted by Crippen LogP contribution is -2.30. The molecule has 228 valence electrons. The minimum absolute atomic E-state index is 0.120. The summed E-state index contributed by atoms with van der Waals surface area (Å²) in [4.78, 5) is 50.8. The van der Waals surface area contributed by atoms with Crippen LogP contribution in [0.25, 0.3) is 0 Å². The van der Waals surface area contributed by atoms with E-state index in [2.05, 4.69) is 13.2 Å². The largest absolute Gasteiger partial charge is 0.462 e. The Morgan fingerprint density at radius 2 is 1.37 bits per heavy atom. The quantitative estimate of drug-likeness (QED) is 0.231. The smallest absolute Gasteiger partial charge is 0.338 e. The number of carbonyl (C=O) groups excluding carboxylic acids is 4. The van der Waals surface area contributed by atoms with Gasteiger partial charge in [-0.25, -0.2) is 9.59 Å². The zero-order chi connectivity index (χ0) is 30.0. The van der Waals surface area contributed by atoms with Gasteiger partial charge in [0.05, 0.1) is 24.3 Å². The number of hydrogen-bond donors (Lipinski definition) is 0. The van der Waals surface area contributed by atoms with E-state index in [4.69, 9.17) is 9.47 Å². The number of hydrogen-bond acceptors (Lipinski definition) is 6. The minimum Gasteiger partial charge on any atom is -0.462 e. The minimum atomic E-state index is -0.408. The van der Waals surface area contributed by atoms with Crippen LogP contribution in [-0.2, 0) is 19.1 Å². The Morgan fingerprint density at radius 1 is 0.767 bits per heavy atom. The van der Waals surface area contributed by atoms with Gasteiger partial charge in [-0.15, -0.1) is 0 Å². The molecule has 0 radical (unpaired) electrons. The molecule has 6 aliphatic carbocycles. The molecule has 10 unspecified atom stereocenters. The fourth-order valence-electron chi connectivity index (χ4n) is 11.1. The van der Waals surface area contributed by atoms with Crippen molar-refractivity contribution in [3.8, 4) is 0 Å². The van der Waals surface area contributed by atoms with Crippen molar-refractivity contribution in [3.63, 3.8) is 0 Å². The van der Waals surface area contributed by atoms with Crippen LogP contribution >= 0.6 is 0 Å². The van der Waals surface area contributed by atoms with Crippen molar-refractivity contribution in [3.05, 3.63) is 60.2 Å². The Kier molecular flexibility index (Phi) is 7.46. The van der Waals surface area contributed by atoms with Crippen molar-refractivity contribution < 1.29 is 28.7 Å². The first kappa shape index (κ1) is 28.7. The summed E-state index contributed by atoms with van der Waals surface area (Å²) >= 11 is 0. The first-order valence-electron chi connectivity index (χ1n) is 16.5. The zero-order valence-electron chi connectivity index (χ0n) is 25.2. The van der Waals surface area contributed by atoms with E-state index in [1.807, 2.05) is 6.92 Å². The van der Waals surface area contributed by atoms with Crippen molar-refractivity contribution >= 4 is 23.5 Å². The van der Waals surface area contributed by atoms with E-state index in [1.165, 1.54) is 12.5 Å². The average Bonchev–Trinajstić information content (AvgIpc) is 3.84. The topological polar surface area (TPSA) is 86.7 Å². The highest BCUT2D eigenvalue weighted by atomic mass is 16.5. The molecule has 4 bridgehead atoms. The summed E-state index contributed by atoms with van der Waals surface area (Å²) in [5.41, 5.74) is 1.41. The molecule has 0 N–H and O–H groups in total. The standard InChI is InChI=1S/C37H44O6/c1-4-34(38)25-15-28-23-11-26(29(12-23)31(28)16-25)18-43-37(41)22-7-5-6-21(10-22)36(40)42-17-20-8-27-24-13-32(30(27)9-20)33(14-24)35(39)19(2)3/h4-7,10,20,23-33H,1-2,8-9,11-18H2,3H3/t20?,23?,24?,25?,26?,27-,28-,29?,30?,31?,32?,33?/m1/s1. The molecule has 0 aliphatic heterocycles. The van der Waals surface area contributed by atoms with E-state index in [0.717, 1.165) is 44.9 Å². The third-order valence-electron chi connectivity index (χ3n) is 12.7. The zero-order valence-corrected chi connectivity index (χ0v) is 25.2. The predicted molar refractivity (Wildman–Crippen MR) is 161 cm³/mol. The molecule has 6 fully saturated rings. The number of ether oxygens (including phenoxy) is 2. The van der Waals surface area contributed by atoms with Crippen LogP contribution in [0.15, 0.2) is 49.1 Å². The van der Waals surface area contributed by atoms with Gasteiger partial charge < -0.3 is 9.47 Å². The SMILES string of the molecule is C=CC(=O)C1CC2C3CC(CC3COC(=O)c3cccc(C(=O)OCC4CC5C6CC(CC6C(=O)C(=C)C)[C@H]5C4)c3)[C@H]2C1. The maximum absolute atomic E-state index is 13.0. The van der Waals surface area contributed by atoms with Gasteiger partial charge >= 0.3 is 11.9 Å². The van der Waals surface area contributed by atoms with Gasteiger partial charge in [0.2, 0.25) is 0 Å². The highest BCUT2D eigenvalue weighted by Gasteiger charge is 2.58. The molecule has 6 heteroatoms. The summed E-state index contributed by atoms with van der Waals surface area (Å²) < 4.78 is 11.6. The molecule has 0 heterocycles. The Bertz CT molecular complexity index is 1360. The Morgan fingerprint density at radius 3 is 2.09 bits per heavy atom. The number of rotatable bonds is 10. The number of carbonyl (C=O) groups is 4. The van der Waals surface area contributed by atoms with E-state index in [1.54, 1.807) is 24.3 Å². The van der Waals surface area contributed by atoms with Crippen LogP contribution < -0.4 is 0 Å². The van der Waals surface area contributed by atoms with Crippen molar-refractivity contribution in [2.24, 2.45) is 71.0 Å². The second-order valence-electron chi connectivity index (χ2n) is 14.8. The van der Waals surface area contributed by atoms with Gasteiger partial charge in [0.15, 0.2) is 11.6 Å². The summed E-state index contributed by atoms with van der Waals surface area (Å²) in [6, 6.07) is 6.67. The predicted octanol–water partition coefficient (Wildman–Crippen LogP) is 6.50. The molecule has 7 rings (SSSR count). The molecule has 6 nitrogen and oxygen atoms in total. The second kappa shape index (κ2) is 11.2. The van der Waals surface area contributed by atoms with E-state index < -0.39 is 11.9 Å². The lowest BCUT2D eigenvalue weighted by Gasteiger charge is -2.31. The van der Waals surface area contributed by atoms with Crippen molar-refractivity contribution in [1.82, 2.24) is 0 Å². The molecule has 0 amide bonds. The van der Waals surface area contributed by atoms with Crippen LogP contribution in [0.1, 0.15) is 79.0 Å². The summed E-state index contributed by atoms with van der Waals surface area (Å²) in [5.74, 6) is 5.15. The monoisotopic (exact) mass is 584 g/mol. The van der Waals surface area contributed by atoms with Gasteiger partial charge in [-0.1, -0.05) is 19.2 Å². The fraction of sp³-hybridized carbons (Fsp3) is 0.622. The molecule has 6 aliphatic rings. The van der Waals surface area contributed by atoms with Gasteiger partial charge in [0, 0.05) is 11.8 Å². The van der Waals surface area contributed by atoms with E-state index >= 15 is 0 Å². The lowest BCUT2D eigenvalue weighted by atomic mass is 9.73. The first-order valence-corrected chi connectivity index (χ1v) is 16.5. The summed E-state index contributed by atoms with van der Waals surface area (Å²) in [6.07, 6.45) is 9.90. The number of allylic oxidation sites excluding steroid dienone is 2. The molecule has 1 aromatic carbocycles. The van der Waals surface area contributed by atoms with E-state index in [-0.39, 0.29) is 23.4 Å². The van der Waals surface area contributed by atoms with Gasteiger partial charge in [-0.3, -0.25) is 9.59 Å². The maximum Gasteiger partial charge on any atom is 0.338 e. The number of esters is 2. The molecule has 12 atom stereocenters. The molecular formula is C37H44O6. The maximum atomic E-state index is 13.0. The van der Waals surface area contributed by atoms with Crippen molar-refractivity contribution in [2.45, 2.75) is 58.3 Å². The average molecular weight is 585 g/mol. The number of Topliss-reactive ketones (excluding diaryl/α,β-unsaturated/α-hetero) is 1. The van der Waals surface area contributed by atoms with Crippen molar-refractivity contribution in [1.29, 1.82) is 0 Å². The number of benzene rings is 1. The molecule has 0 spiro atoms. The van der Waals surface area contributed by atoms with Crippen LogP contribution in [-0.4, -0.2) is 36.7 Å². The Hall–Kier alpha value is -3.02. The number of ketones is 2. The normalized spacial score (nSPS) is 39.7. The van der Waals surface area contributed by atoms with Gasteiger partial charge in [0.25, 0.3) is 0 Å². The molecule has 6 saturated carbocycles. The number of fused-ring (bicyclic) bond motifs is 10. The van der Waals surface area contributed by atoms with Crippen LogP contribution in [0.3, 0.4) is 0 Å².